The summed E-state index contributed by atoms with van der Waals surface area (Å²) in [6.45, 7) is 3.09. The number of benzene rings is 1. The Kier molecular flexibility index (Phi) is 7.74. The van der Waals surface area contributed by atoms with Crippen LogP contribution in [0.3, 0.4) is 0 Å². The van der Waals surface area contributed by atoms with Gasteiger partial charge in [-0.2, -0.15) is 0 Å². The van der Waals surface area contributed by atoms with Gasteiger partial charge >= 0.3 is 0 Å². The minimum absolute atomic E-state index is 0.839. The van der Waals surface area contributed by atoms with Gasteiger partial charge in [0.25, 0.3) is 0 Å². The van der Waals surface area contributed by atoms with Crippen LogP contribution in [0.5, 0.6) is 0 Å². The molecule has 0 fully saturated rings. The van der Waals surface area contributed by atoms with Crippen LogP contribution in [0.4, 0.5) is 0 Å². The molecule has 1 aromatic rings. The van der Waals surface area contributed by atoms with Crippen LogP contribution in [0.25, 0.3) is 0 Å². The molecule has 2 N–H and O–H groups in total. The third kappa shape index (κ3) is 6.48. The van der Waals surface area contributed by atoms with Crippen LogP contribution in [0, 0.1) is 0 Å². The van der Waals surface area contributed by atoms with Crippen molar-refractivity contribution >= 4 is 0 Å². The Balaban J connectivity index is 2.20. The predicted molar refractivity (Wildman–Crippen MR) is 76.3 cm³/mol. The van der Waals surface area contributed by atoms with Gasteiger partial charge in [-0.25, -0.2) is 0 Å². The molecule has 0 bridgehead atoms. The van der Waals surface area contributed by atoms with Gasteiger partial charge in [-0.15, -0.1) is 0 Å². The van der Waals surface area contributed by atoms with Crippen molar-refractivity contribution < 1.29 is 0 Å². The molecule has 1 aromatic carbocycles. The molecule has 0 saturated carbocycles. The molecular weight excluding hydrogens is 206 g/mol. The number of nitrogens with two attached hydrogens (primary N) is 1. The summed E-state index contributed by atoms with van der Waals surface area (Å²) >= 11 is 0. The van der Waals surface area contributed by atoms with Gasteiger partial charge in [0.15, 0.2) is 0 Å². The number of rotatable bonds is 9. The third-order valence-corrected chi connectivity index (χ3v) is 3.26. The minimum atomic E-state index is 0.839. The Morgan fingerprint density at radius 2 is 1.29 bits per heavy atom. The second-order valence-electron chi connectivity index (χ2n) is 4.87. The molecule has 0 aliphatic carbocycles. The van der Waals surface area contributed by atoms with E-state index in [1.807, 2.05) is 0 Å². The van der Waals surface area contributed by atoms with E-state index in [0.29, 0.717) is 0 Å². The number of hydrogen-bond donors (Lipinski definition) is 1. The van der Waals surface area contributed by atoms with E-state index in [0.717, 1.165) is 6.54 Å². The lowest BCUT2D eigenvalue weighted by Gasteiger charge is -2.04. The average molecular weight is 233 g/mol. The first-order valence-corrected chi connectivity index (χ1v) is 7.14. The van der Waals surface area contributed by atoms with E-state index in [2.05, 4.69) is 31.2 Å². The fraction of sp³-hybridized carbons (Fsp3) is 0.625. The van der Waals surface area contributed by atoms with Gasteiger partial charge in [-0.1, -0.05) is 50.5 Å². The SMILES string of the molecule is CCCCc1ccc(CCCCCCN)cc1. The van der Waals surface area contributed by atoms with Crippen LogP contribution in [0.1, 0.15) is 56.6 Å². The van der Waals surface area contributed by atoms with Crippen molar-refractivity contribution in [2.75, 3.05) is 6.54 Å². The first-order chi connectivity index (χ1) is 8.36. The number of aryl methyl sites for hydroxylation is 2. The lowest BCUT2D eigenvalue weighted by molar-refractivity contribution is 0.646. The summed E-state index contributed by atoms with van der Waals surface area (Å²) in [7, 11) is 0. The molecule has 0 amide bonds. The molecular formula is C16H27N. The maximum absolute atomic E-state index is 5.48. The van der Waals surface area contributed by atoms with Crippen molar-refractivity contribution in [2.24, 2.45) is 5.73 Å². The first-order valence-electron chi connectivity index (χ1n) is 7.14. The van der Waals surface area contributed by atoms with Crippen molar-refractivity contribution in [3.63, 3.8) is 0 Å². The first kappa shape index (κ1) is 14.2. The van der Waals surface area contributed by atoms with E-state index in [9.17, 15) is 0 Å². The summed E-state index contributed by atoms with van der Waals surface area (Å²) in [5.41, 5.74) is 8.45. The summed E-state index contributed by atoms with van der Waals surface area (Å²) < 4.78 is 0. The van der Waals surface area contributed by atoms with Crippen LogP contribution < -0.4 is 5.73 Å². The maximum Gasteiger partial charge on any atom is -0.00773 e. The van der Waals surface area contributed by atoms with Gasteiger partial charge in [0.2, 0.25) is 0 Å². The Morgan fingerprint density at radius 3 is 1.82 bits per heavy atom. The Hall–Kier alpha value is -0.820. The zero-order valence-electron chi connectivity index (χ0n) is 11.3. The summed E-state index contributed by atoms with van der Waals surface area (Å²) in [5, 5.41) is 0. The molecule has 1 rings (SSSR count). The highest BCUT2D eigenvalue weighted by molar-refractivity contribution is 5.22. The Labute approximate surface area is 106 Å². The highest BCUT2D eigenvalue weighted by atomic mass is 14.5. The van der Waals surface area contributed by atoms with Gasteiger partial charge in [0, 0.05) is 0 Å². The monoisotopic (exact) mass is 233 g/mol. The van der Waals surface area contributed by atoms with Crippen molar-refractivity contribution in [3.8, 4) is 0 Å². The van der Waals surface area contributed by atoms with Crippen LogP contribution in [0.2, 0.25) is 0 Å². The third-order valence-electron chi connectivity index (χ3n) is 3.26. The molecule has 0 aromatic heterocycles. The van der Waals surface area contributed by atoms with E-state index >= 15 is 0 Å². The molecule has 1 heteroatoms. The van der Waals surface area contributed by atoms with Gasteiger partial charge < -0.3 is 5.73 Å². The second-order valence-corrected chi connectivity index (χ2v) is 4.87. The molecule has 1 nitrogen and oxygen atoms in total. The maximum atomic E-state index is 5.48. The molecule has 0 heterocycles. The van der Waals surface area contributed by atoms with Crippen molar-refractivity contribution in [1.82, 2.24) is 0 Å². The Morgan fingerprint density at radius 1 is 0.765 bits per heavy atom. The fourth-order valence-corrected chi connectivity index (χ4v) is 2.08. The van der Waals surface area contributed by atoms with E-state index in [1.165, 1.54) is 62.5 Å². The highest BCUT2D eigenvalue weighted by Gasteiger charge is 1.95. The molecule has 0 unspecified atom stereocenters. The van der Waals surface area contributed by atoms with Crippen LogP contribution in [0.15, 0.2) is 24.3 Å². The van der Waals surface area contributed by atoms with E-state index in [1.54, 1.807) is 0 Å². The molecule has 17 heavy (non-hydrogen) atoms. The number of unbranched alkanes of at least 4 members (excludes halogenated alkanes) is 4. The van der Waals surface area contributed by atoms with E-state index < -0.39 is 0 Å². The fourth-order valence-electron chi connectivity index (χ4n) is 2.08. The zero-order chi connectivity index (χ0) is 12.3. The van der Waals surface area contributed by atoms with Gasteiger partial charge in [-0.05, 0) is 49.8 Å². The van der Waals surface area contributed by atoms with Gasteiger partial charge in [0.1, 0.15) is 0 Å². The largest absolute Gasteiger partial charge is 0.330 e. The summed E-state index contributed by atoms with van der Waals surface area (Å²) in [4.78, 5) is 0. The summed E-state index contributed by atoms with van der Waals surface area (Å²) in [5.74, 6) is 0. The lowest BCUT2D eigenvalue weighted by Crippen LogP contribution is -1.97. The second kappa shape index (κ2) is 9.23. The lowest BCUT2D eigenvalue weighted by atomic mass is 10.0. The molecule has 0 atom stereocenters. The van der Waals surface area contributed by atoms with E-state index in [4.69, 9.17) is 5.73 Å². The average Bonchev–Trinajstić information content (AvgIpc) is 2.37. The van der Waals surface area contributed by atoms with Crippen LogP contribution >= 0.6 is 0 Å². The number of hydrogen-bond acceptors (Lipinski definition) is 1. The topological polar surface area (TPSA) is 26.0 Å². The summed E-state index contributed by atoms with van der Waals surface area (Å²) in [6.07, 6.45) is 10.1. The molecule has 0 radical (unpaired) electrons. The standard InChI is InChI=1S/C16H27N/c1-2-3-8-15-10-12-16(13-11-15)9-6-4-5-7-14-17/h10-13H,2-9,14,17H2,1H3. The van der Waals surface area contributed by atoms with Gasteiger partial charge in [-0.3, -0.25) is 0 Å². The molecule has 0 aliphatic heterocycles. The van der Waals surface area contributed by atoms with Crippen LogP contribution in [-0.2, 0) is 12.8 Å². The minimum Gasteiger partial charge on any atom is -0.330 e. The van der Waals surface area contributed by atoms with Gasteiger partial charge in [0.05, 0.1) is 0 Å². The quantitative estimate of drug-likeness (QED) is 0.639. The van der Waals surface area contributed by atoms with Crippen molar-refractivity contribution in [1.29, 1.82) is 0 Å². The highest BCUT2D eigenvalue weighted by Crippen LogP contribution is 2.11. The molecule has 0 saturated heterocycles. The molecule has 96 valence electrons. The smallest absolute Gasteiger partial charge is 0.00773 e. The molecule has 0 aliphatic rings. The van der Waals surface area contributed by atoms with E-state index in [-0.39, 0.29) is 0 Å². The van der Waals surface area contributed by atoms with Crippen molar-refractivity contribution in [3.05, 3.63) is 35.4 Å². The van der Waals surface area contributed by atoms with Crippen LogP contribution in [-0.4, -0.2) is 6.54 Å². The predicted octanol–water partition coefficient (Wildman–Crippen LogP) is 4.09. The van der Waals surface area contributed by atoms with Crippen molar-refractivity contribution in [2.45, 2.75) is 58.3 Å². The summed E-state index contributed by atoms with van der Waals surface area (Å²) in [6, 6.07) is 9.19. The zero-order valence-corrected chi connectivity index (χ0v) is 11.3. The normalized spacial score (nSPS) is 10.7. The Bertz CT molecular complexity index is 276. The molecule has 0 spiro atoms.